The van der Waals surface area contributed by atoms with Crippen molar-refractivity contribution in [2.45, 2.75) is 20.3 Å². The van der Waals surface area contributed by atoms with Gasteiger partial charge in [-0.3, -0.25) is 9.69 Å². The first-order chi connectivity index (χ1) is 8.76. The van der Waals surface area contributed by atoms with E-state index in [9.17, 15) is 13.2 Å². The number of aromatic nitrogens is 1. The summed E-state index contributed by atoms with van der Waals surface area (Å²) in [5.41, 5.74) is 1.93. The van der Waals surface area contributed by atoms with Crippen molar-refractivity contribution in [2.24, 2.45) is 11.1 Å². The smallest absolute Gasteiger partial charge is 0.228 e. The summed E-state index contributed by atoms with van der Waals surface area (Å²) in [4.78, 5) is 17.8. The molecule has 1 saturated heterocycles. The molecule has 2 heterocycles. The number of hydrogen-bond donors (Lipinski definition) is 1. The van der Waals surface area contributed by atoms with Crippen LogP contribution in [0, 0.1) is 19.8 Å². The summed E-state index contributed by atoms with van der Waals surface area (Å²) in [5.74, 6) is 0.0748. The highest BCUT2D eigenvalue weighted by Gasteiger charge is 2.34. The van der Waals surface area contributed by atoms with Crippen molar-refractivity contribution >= 4 is 21.7 Å². The average Bonchev–Trinajstić information content (AvgIpc) is 2.56. The standard InChI is InChI=1S/C12H17N3O3S/c1-8-3-9(2)12(14-5-8)15-6-10(4-11(15)16)7-19(13,17)18/h3,5,10H,4,6-7H2,1-2H3,(H2,13,17,18). The lowest BCUT2D eigenvalue weighted by Gasteiger charge is -2.18. The minimum atomic E-state index is -3.55. The molecule has 2 N–H and O–H groups in total. The lowest BCUT2D eigenvalue weighted by atomic mass is 10.1. The molecule has 1 aromatic rings. The fraction of sp³-hybridized carbons (Fsp3) is 0.500. The Morgan fingerprint density at radius 2 is 2.16 bits per heavy atom. The highest BCUT2D eigenvalue weighted by atomic mass is 32.2. The Morgan fingerprint density at radius 3 is 2.74 bits per heavy atom. The van der Waals surface area contributed by atoms with Gasteiger partial charge in [0.2, 0.25) is 15.9 Å². The second-order valence-corrected chi connectivity index (χ2v) is 6.72. The summed E-state index contributed by atoms with van der Waals surface area (Å²) in [7, 11) is -3.55. The maximum absolute atomic E-state index is 12.0. The van der Waals surface area contributed by atoms with Crippen LogP contribution in [0.3, 0.4) is 0 Å². The van der Waals surface area contributed by atoms with E-state index in [2.05, 4.69) is 4.98 Å². The van der Waals surface area contributed by atoms with Crippen molar-refractivity contribution in [2.75, 3.05) is 17.2 Å². The minimum absolute atomic E-state index is 0.104. The van der Waals surface area contributed by atoms with Gasteiger partial charge in [0.05, 0.1) is 5.75 Å². The fourth-order valence-electron chi connectivity index (χ4n) is 2.42. The molecule has 6 nitrogen and oxygen atoms in total. The average molecular weight is 283 g/mol. The molecule has 1 atom stereocenters. The molecule has 1 fully saturated rings. The van der Waals surface area contributed by atoms with Crippen LogP contribution in [0.2, 0.25) is 0 Å². The summed E-state index contributed by atoms with van der Waals surface area (Å²) in [6.07, 6.45) is 1.90. The fourth-order valence-corrected chi connectivity index (χ4v) is 3.30. The molecule has 0 radical (unpaired) electrons. The molecule has 2 rings (SSSR count). The molecule has 0 spiro atoms. The summed E-state index contributed by atoms with van der Waals surface area (Å²) in [6, 6.07) is 1.95. The number of primary sulfonamides is 1. The maximum atomic E-state index is 12.0. The molecule has 1 aliphatic heterocycles. The lowest BCUT2D eigenvalue weighted by molar-refractivity contribution is -0.117. The van der Waals surface area contributed by atoms with Crippen molar-refractivity contribution in [3.05, 3.63) is 23.4 Å². The van der Waals surface area contributed by atoms with E-state index in [1.54, 1.807) is 11.1 Å². The van der Waals surface area contributed by atoms with Crippen LogP contribution < -0.4 is 10.0 Å². The number of nitrogens with two attached hydrogens (primary N) is 1. The van der Waals surface area contributed by atoms with Gasteiger partial charge in [0.15, 0.2) is 0 Å². The van der Waals surface area contributed by atoms with Gasteiger partial charge in [0.1, 0.15) is 5.82 Å². The summed E-state index contributed by atoms with van der Waals surface area (Å²) < 4.78 is 22.2. The van der Waals surface area contributed by atoms with Crippen LogP contribution in [0.5, 0.6) is 0 Å². The number of rotatable bonds is 3. The number of carbonyl (C=O) groups excluding carboxylic acids is 1. The predicted octanol–water partition coefficient (Wildman–Crippen LogP) is 0.340. The number of sulfonamides is 1. The van der Waals surface area contributed by atoms with E-state index in [1.807, 2.05) is 19.9 Å². The first kappa shape index (κ1) is 14.0. The number of pyridine rings is 1. The van der Waals surface area contributed by atoms with Gasteiger partial charge in [0.25, 0.3) is 0 Å². The van der Waals surface area contributed by atoms with Gasteiger partial charge in [-0.25, -0.2) is 18.5 Å². The highest BCUT2D eigenvalue weighted by Crippen LogP contribution is 2.26. The van der Waals surface area contributed by atoms with Gasteiger partial charge in [-0.15, -0.1) is 0 Å². The zero-order valence-corrected chi connectivity index (χ0v) is 11.8. The molecule has 0 aliphatic carbocycles. The second-order valence-electron chi connectivity index (χ2n) is 5.06. The third-order valence-electron chi connectivity index (χ3n) is 3.12. The van der Waals surface area contributed by atoms with Crippen LogP contribution in [0.15, 0.2) is 12.3 Å². The monoisotopic (exact) mass is 283 g/mol. The molecule has 7 heteroatoms. The number of nitrogens with zero attached hydrogens (tertiary/aromatic N) is 2. The quantitative estimate of drug-likeness (QED) is 0.865. The van der Waals surface area contributed by atoms with Gasteiger partial charge in [-0.05, 0) is 25.0 Å². The predicted molar refractivity (Wildman–Crippen MR) is 72.1 cm³/mol. The van der Waals surface area contributed by atoms with Crippen LogP contribution >= 0.6 is 0 Å². The van der Waals surface area contributed by atoms with E-state index in [4.69, 9.17) is 5.14 Å². The van der Waals surface area contributed by atoms with Crippen LogP contribution in [0.25, 0.3) is 0 Å². The Labute approximate surface area is 112 Å². The Morgan fingerprint density at radius 1 is 1.47 bits per heavy atom. The molecular weight excluding hydrogens is 266 g/mol. The Hall–Kier alpha value is -1.47. The van der Waals surface area contributed by atoms with Crippen LogP contribution in [-0.4, -0.2) is 31.6 Å². The van der Waals surface area contributed by atoms with Crippen molar-refractivity contribution in [3.63, 3.8) is 0 Å². The van der Waals surface area contributed by atoms with E-state index in [0.717, 1.165) is 11.1 Å². The molecule has 1 aliphatic rings. The maximum Gasteiger partial charge on any atom is 0.228 e. The zero-order valence-electron chi connectivity index (χ0n) is 11.0. The number of amides is 1. The molecule has 19 heavy (non-hydrogen) atoms. The molecule has 1 unspecified atom stereocenters. The molecule has 104 valence electrons. The van der Waals surface area contributed by atoms with Crippen molar-refractivity contribution in [1.29, 1.82) is 0 Å². The number of hydrogen-bond acceptors (Lipinski definition) is 4. The van der Waals surface area contributed by atoms with E-state index in [0.29, 0.717) is 12.4 Å². The van der Waals surface area contributed by atoms with Crippen LogP contribution in [0.4, 0.5) is 5.82 Å². The summed E-state index contributed by atoms with van der Waals surface area (Å²) in [5, 5.41) is 5.02. The van der Waals surface area contributed by atoms with Gasteiger partial charge in [-0.2, -0.15) is 0 Å². The highest BCUT2D eigenvalue weighted by molar-refractivity contribution is 7.89. The Balaban J connectivity index is 2.20. The largest absolute Gasteiger partial charge is 0.296 e. The Kier molecular flexibility index (Phi) is 3.60. The Bertz CT molecular complexity index is 613. The number of anilines is 1. The van der Waals surface area contributed by atoms with Crippen molar-refractivity contribution < 1.29 is 13.2 Å². The first-order valence-corrected chi connectivity index (χ1v) is 7.72. The minimum Gasteiger partial charge on any atom is -0.296 e. The second kappa shape index (κ2) is 4.90. The van der Waals surface area contributed by atoms with E-state index < -0.39 is 10.0 Å². The zero-order chi connectivity index (χ0) is 14.2. The third kappa shape index (κ3) is 3.30. The lowest BCUT2D eigenvalue weighted by Crippen LogP contribution is -2.28. The van der Waals surface area contributed by atoms with E-state index >= 15 is 0 Å². The van der Waals surface area contributed by atoms with Crippen molar-refractivity contribution in [1.82, 2.24) is 4.98 Å². The van der Waals surface area contributed by atoms with Crippen LogP contribution in [0.1, 0.15) is 17.5 Å². The molecule has 0 saturated carbocycles. The number of carbonyl (C=O) groups is 1. The van der Waals surface area contributed by atoms with Gasteiger partial charge < -0.3 is 0 Å². The normalized spacial score (nSPS) is 20.1. The topological polar surface area (TPSA) is 93.4 Å². The van der Waals surface area contributed by atoms with Crippen LogP contribution in [-0.2, 0) is 14.8 Å². The van der Waals surface area contributed by atoms with Gasteiger partial charge >= 0.3 is 0 Å². The van der Waals surface area contributed by atoms with Gasteiger partial charge in [-0.1, -0.05) is 6.07 Å². The summed E-state index contributed by atoms with van der Waals surface area (Å²) >= 11 is 0. The number of aryl methyl sites for hydroxylation is 2. The van der Waals surface area contributed by atoms with E-state index in [-0.39, 0.29) is 24.0 Å². The molecule has 0 bridgehead atoms. The first-order valence-electron chi connectivity index (χ1n) is 6.00. The molecule has 1 aromatic heterocycles. The SMILES string of the molecule is Cc1cnc(N2CC(CS(N)(=O)=O)CC2=O)c(C)c1. The van der Waals surface area contributed by atoms with E-state index in [1.165, 1.54) is 0 Å². The van der Waals surface area contributed by atoms with Gasteiger partial charge in [0, 0.05) is 25.1 Å². The molecule has 1 amide bonds. The van der Waals surface area contributed by atoms with Crippen molar-refractivity contribution in [3.8, 4) is 0 Å². The molecular formula is C12H17N3O3S. The molecule has 0 aromatic carbocycles. The third-order valence-corrected chi connectivity index (χ3v) is 4.05. The summed E-state index contributed by atoms with van der Waals surface area (Å²) in [6.45, 7) is 4.17.